The fourth-order valence-corrected chi connectivity index (χ4v) is 8.35. The maximum Gasteiger partial charge on any atom is 0.472 e. The lowest BCUT2D eigenvalue weighted by molar-refractivity contribution is -0.870. The van der Waals surface area contributed by atoms with Gasteiger partial charge in [-0.25, -0.2) is 4.57 Å². The van der Waals surface area contributed by atoms with Crippen LogP contribution in [0.3, 0.4) is 0 Å². The summed E-state index contributed by atoms with van der Waals surface area (Å²) < 4.78 is 23.6. The van der Waals surface area contributed by atoms with Crippen LogP contribution in [-0.2, 0) is 18.4 Å². The fraction of sp³-hybridized carbons (Fsp3) is 0.717. The zero-order valence-corrected chi connectivity index (χ0v) is 46.2. The Kier molecular flexibility index (Phi) is 48.5. The smallest absolute Gasteiger partial charge is 0.387 e. The van der Waals surface area contributed by atoms with Gasteiger partial charge in [0, 0.05) is 6.42 Å². The Morgan fingerprint density at radius 3 is 1.33 bits per heavy atom. The van der Waals surface area contributed by atoms with Crippen LogP contribution in [0.2, 0.25) is 0 Å². The predicted octanol–water partition coefficient (Wildman–Crippen LogP) is 17.0. The second kappa shape index (κ2) is 50.4. The average molecular weight is 985 g/mol. The molecule has 0 aromatic carbocycles. The minimum atomic E-state index is -4.36. The highest BCUT2D eigenvalue weighted by atomic mass is 31.2. The third-order valence-corrected chi connectivity index (χ3v) is 13.0. The summed E-state index contributed by atoms with van der Waals surface area (Å²) in [6.45, 7) is 4.61. The van der Waals surface area contributed by atoms with E-state index >= 15 is 0 Å². The van der Waals surface area contributed by atoms with Crippen molar-refractivity contribution >= 4 is 13.7 Å². The molecule has 1 amide bonds. The second-order valence-electron chi connectivity index (χ2n) is 19.9. The number of amides is 1. The number of likely N-dealkylation sites (N-methyl/N-ethyl adjacent to an activating group) is 1. The van der Waals surface area contributed by atoms with Gasteiger partial charge in [-0.05, 0) is 83.5 Å². The lowest BCUT2D eigenvalue weighted by Crippen LogP contribution is -2.45. The number of aliphatic hydroxyl groups excluding tert-OH is 1. The van der Waals surface area contributed by atoms with E-state index in [0.717, 1.165) is 83.5 Å². The lowest BCUT2D eigenvalue weighted by Gasteiger charge is -2.25. The molecule has 0 bridgehead atoms. The Morgan fingerprint density at radius 2 is 0.884 bits per heavy atom. The van der Waals surface area contributed by atoms with Crippen LogP contribution in [0.25, 0.3) is 0 Å². The lowest BCUT2D eigenvalue weighted by atomic mass is 10.0. The van der Waals surface area contributed by atoms with Crippen LogP contribution >= 0.6 is 7.82 Å². The standard InChI is InChI=1S/C60H107N2O6P/c1-6-8-10-12-14-16-18-20-21-22-23-24-25-26-27-28-29-30-31-32-33-34-35-36-37-38-39-40-41-42-44-46-48-50-52-54-60(64)61-58(57-68-69(65,66)67-56-55-62(3,4)5)59(63)53-51-49-47-45-43-19-17-15-13-11-9-7-2/h8,10,13-16,20-21,23-24,26-27,43,45,51,53,58-59,63H,6-7,9,11-12,17-19,22,25,28-42,44,46-50,52,54-57H2,1-5H3,(H-,61,64,65,66)/p+1/b10-8-,15-13+,16-14-,21-20-,24-23-,27-26-,45-43+,53-51+. The van der Waals surface area contributed by atoms with Crippen molar-refractivity contribution in [2.75, 3.05) is 40.9 Å². The molecule has 0 spiro atoms. The molecule has 0 aromatic rings. The number of hydrogen-bond acceptors (Lipinski definition) is 5. The molecule has 3 atom stereocenters. The Balaban J connectivity index is 4.02. The maximum atomic E-state index is 12.9. The largest absolute Gasteiger partial charge is 0.472 e. The SMILES string of the molecule is CC/C=C\C/C=C\C/C=C\C/C=C\C/C=C\CCCCCCCCCCCCCCCCCCCCCC(=O)NC(COP(=O)(O)OCC[N+](C)(C)C)C(O)/C=C/CC/C=C/CC/C=C/CCCC. The van der Waals surface area contributed by atoms with Crippen LogP contribution in [0.15, 0.2) is 97.2 Å². The molecule has 0 aromatic heterocycles. The van der Waals surface area contributed by atoms with Gasteiger partial charge in [0.25, 0.3) is 0 Å². The Bertz CT molecular complexity index is 1440. The highest BCUT2D eigenvalue weighted by molar-refractivity contribution is 7.47. The Labute approximate surface area is 426 Å². The van der Waals surface area contributed by atoms with E-state index in [9.17, 15) is 19.4 Å². The average Bonchev–Trinajstić information content (AvgIpc) is 3.31. The molecule has 69 heavy (non-hydrogen) atoms. The van der Waals surface area contributed by atoms with Gasteiger partial charge in [0.1, 0.15) is 13.2 Å². The van der Waals surface area contributed by atoms with E-state index in [-0.39, 0.29) is 19.1 Å². The zero-order valence-electron chi connectivity index (χ0n) is 45.3. The number of rotatable bonds is 50. The number of carbonyl (C=O) groups excluding carboxylic acids is 1. The van der Waals surface area contributed by atoms with E-state index in [0.29, 0.717) is 17.4 Å². The van der Waals surface area contributed by atoms with Crippen LogP contribution in [0.4, 0.5) is 0 Å². The van der Waals surface area contributed by atoms with Crippen molar-refractivity contribution in [3.05, 3.63) is 97.2 Å². The van der Waals surface area contributed by atoms with Gasteiger partial charge in [0.2, 0.25) is 5.91 Å². The zero-order chi connectivity index (χ0) is 50.6. The summed E-state index contributed by atoms with van der Waals surface area (Å²) in [4.78, 5) is 23.2. The highest BCUT2D eigenvalue weighted by Crippen LogP contribution is 2.43. The van der Waals surface area contributed by atoms with E-state index in [2.05, 4.69) is 104 Å². The highest BCUT2D eigenvalue weighted by Gasteiger charge is 2.27. The van der Waals surface area contributed by atoms with Crippen LogP contribution in [0.5, 0.6) is 0 Å². The molecular weight excluding hydrogens is 876 g/mol. The molecule has 0 heterocycles. The van der Waals surface area contributed by atoms with Crippen LogP contribution in [0, 0.1) is 0 Å². The minimum absolute atomic E-state index is 0.0508. The summed E-state index contributed by atoms with van der Waals surface area (Å²) in [7, 11) is 1.54. The molecule has 398 valence electrons. The second-order valence-corrected chi connectivity index (χ2v) is 21.4. The van der Waals surface area contributed by atoms with E-state index in [1.54, 1.807) is 6.08 Å². The first-order chi connectivity index (χ1) is 33.5. The third-order valence-electron chi connectivity index (χ3n) is 12.0. The quantitative estimate of drug-likeness (QED) is 0.0243. The van der Waals surface area contributed by atoms with E-state index in [1.165, 1.54) is 122 Å². The molecule has 0 saturated carbocycles. The van der Waals surface area contributed by atoms with Crippen molar-refractivity contribution < 1.29 is 32.9 Å². The molecule has 0 saturated heterocycles. The summed E-state index contributed by atoms with van der Waals surface area (Å²) in [5.74, 6) is -0.194. The van der Waals surface area contributed by atoms with Crippen molar-refractivity contribution in [1.29, 1.82) is 0 Å². The fourth-order valence-electron chi connectivity index (χ4n) is 7.62. The van der Waals surface area contributed by atoms with Crippen molar-refractivity contribution in [3.63, 3.8) is 0 Å². The first-order valence-electron chi connectivity index (χ1n) is 28.1. The monoisotopic (exact) mass is 984 g/mol. The molecule has 0 radical (unpaired) electrons. The van der Waals surface area contributed by atoms with Gasteiger partial charge in [-0.1, -0.05) is 233 Å². The molecule has 0 aliphatic rings. The molecule has 0 aliphatic carbocycles. The van der Waals surface area contributed by atoms with Crippen LogP contribution < -0.4 is 5.32 Å². The van der Waals surface area contributed by atoms with Crippen molar-refractivity contribution in [2.24, 2.45) is 0 Å². The first-order valence-corrected chi connectivity index (χ1v) is 29.6. The number of unbranched alkanes of at least 4 members (excludes halogenated alkanes) is 23. The van der Waals surface area contributed by atoms with Gasteiger partial charge in [0.15, 0.2) is 0 Å². The minimum Gasteiger partial charge on any atom is -0.387 e. The first kappa shape index (κ1) is 66.4. The molecular formula is C60H108N2O6P+. The Hall–Kier alpha value is -2.58. The summed E-state index contributed by atoms with van der Waals surface area (Å²) >= 11 is 0. The summed E-state index contributed by atoms with van der Waals surface area (Å²) in [5, 5.41) is 13.8. The Morgan fingerprint density at radius 1 is 0.507 bits per heavy atom. The molecule has 0 aliphatic heterocycles. The number of carbonyl (C=O) groups is 1. The number of phosphoric ester groups is 1. The van der Waals surface area contributed by atoms with Crippen molar-refractivity contribution in [3.8, 4) is 0 Å². The van der Waals surface area contributed by atoms with Gasteiger partial charge >= 0.3 is 7.82 Å². The maximum absolute atomic E-state index is 12.9. The van der Waals surface area contributed by atoms with Gasteiger partial charge < -0.3 is 19.8 Å². The molecule has 0 fully saturated rings. The summed E-state index contributed by atoms with van der Waals surface area (Å²) in [6.07, 6.45) is 72.4. The van der Waals surface area contributed by atoms with Gasteiger partial charge in [-0.15, -0.1) is 0 Å². The number of hydrogen-bond donors (Lipinski definition) is 3. The number of nitrogens with one attached hydrogen (secondary N) is 1. The van der Waals surface area contributed by atoms with Crippen LogP contribution in [0.1, 0.15) is 226 Å². The number of phosphoric acid groups is 1. The number of nitrogens with zero attached hydrogens (tertiary/aromatic N) is 1. The topological polar surface area (TPSA) is 105 Å². The van der Waals surface area contributed by atoms with Gasteiger partial charge in [0.05, 0.1) is 39.9 Å². The number of allylic oxidation sites excluding steroid dienone is 15. The van der Waals surface area contributed by atoms with Crippen LogP contribution in [-0.4, -0.2) is 73.4 Å². The number of aliphatic hydroxyl groups is 1. The third kappa shape index (κ3) is 53.1. The number of quaternary nitrogens is 1. The van der Waals surface area contributed by atoms with Crippen molar-refractivity contribution in [1.82, 2.24) is 5.32 Å². The predicted molar refractivity (Wildman–Crippen MR) is 299 cm³/mol. The van der Waals surface area contributed by atoms with Gasteiger partial charge in [-0.3, -0.25) is 13.8 Å². The van der Waals surface area contributed by atoms with E-state index < -0.39 is 20.0 Å². The normalized spacial score (nSPS) is 14.7. The molecule has 8 nitrogen and oxygen atoms in total. The molecule has 9 heteroatoms. The van der Waals surface area contributed by atoms with E-state index in [4.69, 9.17) is 9.05 Å². The van der Waals surface area contributed by atoms with Crippen molar-refractivity contribution in [2.45, 2.75) is 238 Å². The van der Waals surface area contributed by atoms with E-state index in [1.807, 2.05) is 27.2 Å². The summed E-state index contributed by atoms with van der Waals surface area (Å²) in [6, 6.07) is -0.872. The molecule has 3 N–H and O–H groups in total. The van der Waals surface area contributed by atoms with Gasteiger partial charge in [-0.2, -0.15) is 0 Å². The molecule has 0 rings (SSSR count). The summed E-state index contributed by atoms with van der Waals surface area (Å²) in [5.41, 5.74) is 0. The molecule has 3 unspecified atom stereocenters.